The van der Waals surface area contributed by atoms with Gasteiger partial charge in [0.05, 0.1) is 11.6 Å². The Morgan fingerprint density at radius 3 is 2.70 bits per heavy atom. The molecule has 7 heteroatoms. The fraction of sp³-hybridized carbons (Fsp3) is 0.0625. The third-order valence-corrected chi connectivity index (χ3v) is 4.14. The maximum absolute atomic E-state index is 13.7. The molecule has 4 nitrogen and oxygen atoms in total. The zero-order chi connectivity index (χ0) is 16.2. The molecule has 0 saturated heterocycles. The van der Waals surface area contributed by atoms with E-state index in [1.165, 1.54) is 30.0 Å². The molecule has 0 fully saturated rings. The van der Waals surface area contributed by atoms with Crippen LogP contribution in [0.25, 0.3) is 11.5 Å². The van der Waals surface area contributed by atoms with Gasteiger partial charge in [-0.05, 0) is 48.0 Å². The number of nitrogens with zero attached hydrogens (tertiary/aromatic N) is 3. The second kappa shape index (κ2) is 6.82. The number of thioether (sulfide) groups is 1. The zero-order valence-electron chi connectivity index (χ0n) is 11.7. The lowest BCUT2D eigenvalue weighted by Gasteiger charge is -2.01. The van der Waals surface area contributed by atoms with Gasteiger partial charge in [0.15, 0.2) is 0 Å². The molecule has 3 rings (SSSR count). The minimum absolute atomic E-state index is 0.295. The predicted molar refractivity (Wildman–Crippen MR) is 85.4 cm³/mol. The second-order valence-electron chi connectivity index (χ2n) is 4.59. The summed E-state index contributed by atoms with van der Waals surface area (Å²) >= 11 is 7.04. The number of benzene rings is 2. The van der Waals surface area contributed by atoms with Gasteiger partial charge in [0, 0.05) is 16.3 Å². The first-order chi connectivity index (χ1) is 11.2. The van der Waals surface area contributed by atoms with Crippen molar-refractivity contribution in [2.45, 2.75) is 11.0 Å². The van der Waals surface area contributed by atoms with Gasteiger partial charge in [-0.3, -0.25) is 0 Å². The maximum atomic E-state index is 13.7. The monoisotopic (exact) mass is 345 g/mol. The third kappa shape index (κ3) is 3.70. The van der Waals surface area contributed by atoms with E-state index in [0.29, 0.717) is 33.0 Å². The first kappa shape index (κ1) is 15.5. The molecule has 0 N–H and O–H groups in total. The van der Waals surface area contributed by atoms with E-state index in [9.17, 15) is 4.39 Å². The average molecular weight is 346 g/mol. The van der Waals surface area contributed by atoms with Gasteiger partial charge in [0.1, 0.15) is 5.82 Å². The smallest absolute Gasteiger partial charge is 0.277 e. The lowest BCUT2D eigenvalue weighted by atomic mass is 10.1. The number of nitriles is 1. The predicted octanol–water partition coefficient (Wildman–Crippen LogP) is 4.69. The van der Waals surface area contributed by atoms with Crippen LogP contribution in [0.1, 0.15) is 11.1 Å². The average Bonchev–Trinajstić information content (AvgIpc) is 3.04. The van der Waals surface area contributed by atoms with Gasteiger partial charge in [-0.15, -0.1) is 10.2 Å². The summed E-state index contributed by atoms with van der Waals surface area (Å²) in [4.78, 5) is 0. The summed E-state index contributed by atoms with van der Waals surface area (Å²) in [5.41, 5.74) is 1.58. The molecule has 0 aliphatic rings. The molecule has 1 heterocycles. The van der Waals surface area contributed by atoms with Crippen LogP contribution in [-0.2, 0) is 5.75 Å². The van der Waals surface area contributed by atoms with Gasteiger partial charge in [0.25, 0.3) is 5.22 Å². The molecule has 1 aromatic heterocycles. The minimum Gasteiger partial charge on any atom is -0.411 e. The number of rotatable bonds is 4. The highest BCUT2D eigenvalue weighted by Gasteiger charge is 2.11. The molecule has 23 heavy (non-hydrogen) atoms. The van der Waals surface area contributed by atoms with Crippen molar-refractivity contribution in [1.82, 2.24) is 10.2 Å². The van der Waals surface area contributed by atoms with E-state index in [0.717, 1.165) is 5.56 Å². The fourth-order valence-corrected chi connectivity index (χ4v) is 2.73. The largest absolute Gasteiger partial charge is 0.411 e. The van der Waals surface area contributed by atoms with E-state index in [2.05, 4.69) is 10.2 Å². The quantitative estimate of drug-likeness (QED) is 0.642. The van der Waals surface area contributed by atoms with E-state index < -0.39 is 0 Å². The highest BCUT2D eigenvalue weighted by atomic mass is 35.5. The van der Waals surface area contributed by atoms with Crippen molar-refractivity contribution in [1.29, 1.82) is 5.26 Å². The van der Waals surface area contributed by atoms with Crippen LogP contribution < -0.4 is 0 Å². The molecule has 0 saturated carbocycles. The van der Waals surface area contributed by atoms with E-state index >= 15 is 0 Å². The van der Waals surface area contributed by atoms with Crippen LogP contribution >= 0.6 is 23.4 Å². The van der Waals surface area contributed by atoms with Crippen LogP contribution in [-0.4, -0.2) is 10.2 Å². The molecule has 0 atom stereocenters. The van der Waals surface area contributed by atoms with Crippen LogP contribution in [0.2, 0.25) is 5.02 Å². The van der Waals surface area contributed by atoms with Crippen molar-refractivity contribution in [3.05, 3.63) is 64.4 Å². The van der Waals surface area contributed by atoms with Crippen molar-refractivity contribution >= 4 is 23.4 Å². The SMILES string of the molecule is N#Cc1ccc(F)c(CSc2nnc(-c3ccc(Cl)cc3)o2)c1. The van der Waals surface area contributed by atoms with Crippen LogP contribution in [0.15, 0.2) is 52.1 Å². The Balaban J connectivity index is 1.73. The standard InChI is InChI=1S/C16H9ClFN3OS/c17-13-4-2-11(3-5-13)15-20-21-16(22-15)23-9-12-7-10(8-19)1-6-14(12)18/h1-7H,9H2. The zero-order valence-corrected chi connectivity index (χ0v) is 13.2. The van der Waals surface area contributed by atoms with Gasteiger partial charge in [-0.1, -0.05) is 23.4 Å². The van der Waals surface area contributed by atoms with Gasteiger partial charge < -0.3 is 4.42 Å². The molecule has 2 aromatic carbocycles. The second-order valence-corrected chi connectivity index (χ2v) is 5.95. The molecule has 0 spiro atoms. The van der Waals surface area contributed by atoms with E-state index in [1.807, 2.05) is 6.07 Å². The lowest BCUT2D eigenvalue weighted by Crippen LogP contribution is -1.89. The Hall–Kier alpha value is -2.36. The van der Waals surface area contributed by atoms with Crippen LogP contribution in [0.4, 0.5) is 4.39 Å². The minimum atomic E-state index is -0.367. The molecular formula is C16H9ClFN3OS. The highest BCUT2D eigenvalue weighted by molar-refractivity contribution is 7.98. The van der Waals surface area contributed by atoms with E-state index in [-0.39, 0.29) is 5.82 Å². The topological polar surface area (TPSA) is 62.7 Å². The van der Waals surface area contributed by atoms with Crippen molar-refractivity contribution in [2.24, 2.45) is 0 Å². The number of halogens is 2. The Morgan fingerprint density at radius 2 is 1.96 bits per heavy atom. The molecule has 0 radical (unpaired) electrons. The van der Waals surface area contributed by atoms with Gasteiger partial charge in [-0.2, -0.15) is 5.26 Å². The molecular weight excluding hydrogens is 337 g/mol. The molecule has 0 unspecified atom stereocenters. The Labute approximate surface area is 140 Å². The summed E-state index contributed by atoms with van der Waals surface area (Å²) in [7, 11) is 0. The molecule has 0 bridgehead atoms. The molecule has 0 amide bonds. The van der Waals surface area contributed by atoms with Crippen molar-refractivity contribution < 1.29 is 8.81 Å². The highest BCUT2D eigenvalue weighted by Crippen LogP contribution is 2.27. The summed E-state index contributed by atoms with van der Waals surface area (Å²) in [6.07, 6.45) is 0. The lowest BCUT2D eigenvalue weighted by molar-refractivity contribution is 0.465. The van der Waals surface area contributed by atoms with Crippen LogP contribution in [0.5, 0.6) is 0 Å². The first-order valence-corrected chi connectivity index (χ1v) is 7.93. The van der Waals surface area contributed by atoms with Crippen LogP contribution in [0, 0.1) is 17.1 Å². The molecule has 0 aliphatic carbocycles. The summed E-state index contributed by atoms with van der Waals surface area (Å²) < 4.78 is 19.3. The Bertz CT molecular complexity index is 874. The summed E-state index contributed by atoms with van der Waals surface area (Å²) in [6.45, 7) is 0. The van der Waals surface area contributed by atoms with Crippen LogP contribution in [0.3, 0.4) is 0 Å². The van der Waals surface area contributed by atoms with Crippen molar-refractivity contribution in [2.75, 3.05) is 0 Å². The molecule has 0 aliphatic heterocycles. The molecule has 3 aromatic rings. The van der Waals surface area contributed by atoms with Gasteiger partial charge in [-0.25, -0.2) is 4.39 Å². The van der Waals surface area contributed by atoms with E-state index in [1.54, 1.807) is 24.3 Å². The van der Waals surface area contributed by atoms with Crippen molar-refractivity contribution in [3.8, 4) is 17.5 Å². The Kier molecular flexibility index (Phi) is 4.60. The van der Waals surface area contributed by atoms with Crippen molar-refractivity contribution in [3.63, 3.8) is 0 Å². The van der Waals surface area contributed by atoms with Gasteiger partial charge in [0.2, 0.25) is 5.89 Å². The Morgan fingerprint density at radius 1 is 1.17 bits per heavy atom. The summed E-state index contributed by atoms with van der Waals surface area (Å²) in [5.74, 6) is 0.299. The third-order valence-electron chi connectivity index (χ3n) is 3.02. The number of aromatic nitrogens is 2. The normalized spacial score (nSPS) is 10.5. The fourth-order valence-electron chi connectivity index (χ4n) is 1.87. The number of hydrogen-bond donors (Lipinski definition) is 0. The van der Waals surface area contributed by atoms with E-state index in [4.69, 9.17) is 21.3 Å². The number of hydrogen-bond acceptors (Lipinski definition) is 5. The first-order valence-electron chi connectivity index (χ1n) is 6.56. The van der Waals surface area contributed by atoms with Gasteiger partial charge >= 0.3 is 0 Å². The molecule has 114 valence electrons. The maximum Gasteiger partial charge on any atom is 0.277 e. The summed E-state index contributed by atoms with van der Waals surface area (Å²) in [5, 5.41) is 17.7. The summed E-state index contributed by atoms with van der Waals surface area (Å²) in [6, 6.07) is 13.2.